The highest BCUT2D eigenvalue weighted by Gasteiger charge is 2.27. The van der Waals surface area contributed by atoms with Crippen LogP contribution in [0.15, 0.2) is 0 Å². The van der Waals surface area contributed by atoms with Gasteiger partial charge in [0.2, 0.25) is 0 Å². The van der Waals surface area contributed by atoms with Gasteiger partial charge in [0.25, 0.3) is 10.2 Å². The first-order valence-electron chi connectivity index (χ1n) is 5.34. The van der Waals surface area contributed by atoms with Crippen molar-refractivity contribution < 1.29 is 13.5 Å². The molecular weight excluding hydrogens is 216 g/mol. The quantitative estimate of drug-likeness (QED) is 0.718. The van der Waals surface area contributed by atoms with Crippen molar-refractivity contribution in [1.29, 1.82) is 0 Å². The van der Waals surface area contributed by atoms with E-state index in [-0.39, 0.29) is 6.61 Å². The maximum atomic E-state index is 11.8. The van der Waals surface area contributed by atoms with Crippen molar-refractivity contribution >= 4 is 10.2 Å². The molecule has 2 N–H and O–H groups in total. The fourth-order valence-electron chi connectivity index (χ4n) is 1.59. The molecule has 90 valence electrons. The maximum Gasteiger partial charge on any atom is 0.279 e. The van der Waals surface area contributed by atoms with Gasteiger partial charge in [-0.05, 0) is 25.7 Å². The molecule has 0 amide bonds. The fraction of sp³-hybridized carbons (Fsp3) is 1.00. The summed E-state index contributed by atoms with van der Waals surface area (Å²) in [5.41, 5.74) is 0. The normalized spacial score (nSPS) is 22.9. The van der Waals surface area contributed by atoms with E-state index in [9.17, 15) is 8.42 Å². The van der Waals surface area contributed by atoms with E-state index in [1.165, 1.54) is 4.31 Å². The summed E-state index contributed by atoms with van der Waals surface area (Å²) in [7, 11) is -3.39. The van der Waals surface area contributed by atoms with E-state index < -0.39 is 16.3 Å². The van der Waals surface area contributed by atoms with Gasteiger partial charge in [0, 0.05) is 19.1 Å². The first-order chi connectivity index (χ1) is 6.95. The van der Waals surface area contributed by atoms with E-state index in [1.807, 2.05) is 0 Å². The molecule has 0 aliphatic carbocycles. The van der Waals surface area contributed by atoms with Gasteiger partial charge in [-0.2, -0.15) is 17.4 Å². The molecule has 0 radical (unpaired) electrons. The smallest absolute Gasteiger partial charge is 0.279 e. The van der Waals surface area contributed by atoms with E-state index >= 15 is 0 Å². The number of hydrogen-bond donors (Lipinski definition) is 2. The number of aliphatic hydroxyl groups excluding tert-OH is 1. The summed E-state index contributed by atoms with van der Waals surface area (Å²) in [5, 5.41) is 8.79. The van der Waals surface area contributed by atoms with Crippen LogP contribution in [0, 0.1) is 5.92 Å². The minimum Gasteiger partial charge on any atom is -0.395 e. The second kappa shape index (κ2) is 5.25. The van der Waals surface area contributed by atoms with Gasteiger partial charge < -0.3 is 5.11 Å². The number of aliphatic hydroxyl groups is 1. The van der Waals surface area contributed by atoms with Crippen molar-refractivity contribution in [3.63, 3.8) is 0 Å². The fourth-order valence-corrected chi connectivity index (χ4v) is 3.01. The Bertz CT molecular complexity index is 284. The average molecular weight is 236 g/mol. The molecule has 0 saturated carbocycles. The minimum absolute atomic E-state index is 0.177. The Morgan fingerprint density at radius 3 is 2.47 bits per heavy atom. The lowest BCUT2D eigenvalue weighted by molar-refractivity contribution is 0.254. The zero-order chi connectivity index (χ0) is 11.5. The number of rotatable bonds is 4. The van der Waals surface area contributed by atoms with E-state index in [1.54, 1.807) is 6.92 Å². The van der Waals surface area contributed by atoms with Crippen molar-refractivity contribution in [1.82, 2.24) is 9.03 Å². The number of hydrogen-bond acceptors (Lipinski definition) is 3. The van der Waals surface area contributed by atoms with Crippen molar-refractivity contribution in [3.05, 3.63) is 0 Å². The van der Waals surface area contributed by atoms with Gasteiger partial charge in [0.05, 0.1) is 6.61 Å². The van der Waals surface area contributed by atoms with Gasteiger partial charge in [0.1, 0.15) is 0 Å². The molecule has 5 nitrogen and oxygen atoms in total. The summed E-state index contributed by atoms with van der Waals surface area (Å²) in [6, 6.07) is -0.422. The van der Waals surface area contributed by atoms with E-state index in [2.05, 4.69) is 11.6 Å². The second-order valence-corrected chi connectivity index (χ2v) is 5.99. The lowest BCUT2D eigenvalue weighted by atomic mass is 10.0. The molecule has 0 spiro atoms. The van der Waals surface area contributed by atoms with Gasteiger partial charge in [-0.1, -0.05) is 6.92 Å². The van der Waals surface area contributed by atoms with Gasteiger partial charge in [-0.15, -0.1) is 0 Å². The molecule has 1 aliphatic heterocycles. The molecule has 1 saturated heterocycles. The van der Waals surface area contributed by atoms with Gasteiger partial charge >= 0.3 is 0 Å². The van der Waals surface area contributed by atoms with Crippen LogP contribution in [0.5, 0.6) is 0 Å². The molecule has 1 fully saturated rings. The van der Waals surface area contributed by atoms with Crippen LogP contribution in [0.25, 0.3) is 0 Å². The van der Waals surface area contributed by atoms with E-state index in [0.29, 0.717) is 19.0 Å². The van der Waals surface area contributed by atoms with Crippen LogP contribution in [0.3, 0.4) is 0 Å². The molecule has 0 bridgehead atoms. The molecule has 1 atom stereocenters. The van der Waals surface area contributed by atoms with E-state index in [4.69, 9.17) is 5.11 Å². The van der Waals surface area contributed by atoms with Crippen molar-refractivity contribution in [2.45, 2.75) is 32.7 Å². The summed E-state index contributed by atoms with van der Waals surface area (Å²) in [6.45, 7) is 4.75. The van der Waals surface area contributed by atoms with Crippen LogP contribution in [0.1, 0.15) is 26.7 Å². The third-order valence-electron chi connectivity index (χ3n) is 2.71. The molecule has 1 unspecified atom stereocenters. The molecule has 0 aromatic rings. The number of nitrogens with one attached hydrogen (secondary N) is 1. The summed E-state index contributed by atoms with van der Waals surface area (Å²) < 4.78 is 27.4. The molecule has 1 rings (SSSR count). The highest BCUT2D eigenvalue weighted by Crippen LogP contribution is 2.17. The van der Waals surface area contributed by atoms with Gasteiger partial charge in [-0.3, -0.25) is 0 Å². The molecule has 1 heterocycles. The van der Waals surface area contributed by atoms with Crippen molar-refractivity contribution in [2.75, 3.05) is 19.7 Å². The SMILES string of the molecule is CC1CCN(S(=O)(=O)NC(C)CO)CC1. The number of nitrogens with zero attached hydrogens (tertiary/aromatic N) is 1. The summed E-state index contributed by atoms with van der Waals surface area (Å²) in [5.74, 6) is 0.603. The van der Waals surface area contributed by atoms with Crippen LogP contribution in [-0.4, -0.2) is 43.6 Å². The summed E-state index contributed by atoms with van der Waals surface area (Å²) >= 11 is 0. The standard InChI is InChI=1S/C9H20N2O3S/c1-8-3-5-11(6-4-8)15(13,14)10-9(2)7-12/h8-10,12H,3-7H2,1-2H3. The molecular formula is C9H20N2O3S. The Hall–Kier alpha value is -0.170. The predicted molar refractivity (Wildman–Crippen MR) is 58.6 cm³/mol. The Balaban J connectivity index is 2.54. The Kier molecular flexibility index (Phi) is 4.51. The molecule has 6 heteroatoms. The lowest BCUT2D eigenvalue weighted by Gasteiger charge is -2.30. The lowest BCUT2D eigenvalue weighted by Crippen LogP contribution is -2.48. The molecule has 15 heavy (non-hydrogen) atoms. The zero-order valence-corrected chi connectivity index (χ0v) is 10.1. The average Bonchev–Trinajstić information content (AvgIpc) is 2.17. The monoisotopic (exact) mass is 236 g/mol. The Morgan fingerprint density at radius 2 is 2.00 bits per heavy atom. The summed E-state index contributed by atoms with van der Waals surface area (Å²) in [4.78, 5) is 0. The maximum absolute atomic E-state index is 11.8. The minimum atomic E-state index is -3.39. The van der Waals surface area contributed by atoms with Crippen LogP contribution in [0.4, 0.5) is 0 Å². The molecule has 0 aromatic heterocycles. The summed E-state index contributed by atoms with van der Waals surface area (Å²) in [6.07, 6.45) is 1.82. The van der Waals surface area contributed by atoms with Crippen molar-refractivity contribution in [3.8, 4) is 0 Å². The van der Waals surface area contributed by atoms with Crippen LogP contribution >= 0.6 is 0 Å². The second-order valence-electron chi connectivity index (χ2n) is 4.29. The molecule has 1 aliphatic rings. The largest absolute Gasteiger partial charge is 0.395 e. The highest BCUT2D eigenvalue weighted by atomic mass is 32.2. The first-order valence-corrected chi connectivity index (χ1v) is 6.78. The van der Waals surface area contributed by atoms with Gasteiger partial charge in [-0.25, -0.2) is 0 Å². The third kappa shape index (κ3) is 3.71. The van der Waals surface area contributed by atoms with Gasteiger partial charge in [0.15, 0.2) is 0 Å². The van der Waals surface area contributed by atoms with Crippen LogP contribution in [0.2, 0.25) is 0 Å². The topological polar surface area (TPSA) is 69.6 Å². The van der Waals surface area contributed by atoms with Crippen LogP contribution < -0.4 is 4.72 Å². The Labute approximate surface area is 91.7 Å². The molecule has 0 aromatic carbocycles. The van der Waals surface area contributed by atoms with Crippen molar-refractivity contribution in [2.24, 2.45) is 5.92 Å². The van der Waals surface area contributed by atoms with E-state index in [0.717, 1.165) is 12.8 Å². The number of piperidine rings is 1. The first kappa shape index (κ1) is 12.9. The van der Waals surface area contributed by atoms with Crippen LogP contribution in [-0.2, 0) is 10.2 Å². The zero-order valence-electron chi connectivity index (χ0n) is 9.31. The Morgan fingerprint density at radius 1 is 1.47 bits per heavy atom. The predicted octanol–water partition coefficient (Wildman–Crippen LogP) is -0.0665. The highest BCUT2D eigenvalue weighted by molar-refractivity contribution is 7.87. The third-order valence-corrected chi connectivity index (χ3v) is 4.45.